The first-order chi connectivity index (χ1) is 13.5. The number of nitro groups is 1. The molecule has 3 aromatic rings. The number of benzene rings is 1. The molecule has 0 aliphatic carbocycles. The third-order valence-corrected chi connectivity index (χ3v) is 6.48. The number of rotatable bonds is 5. The first-order valence-electron chi connectivity index (χ1n) is 9.53. The Kier molecular flexibility index (Phi) is 5.03. The lowest BCUT2D eigenvalue weighted by Gasteiger charge is -2.36. The zero-order chi connectivity index (χ0) is 19.8. The summed E-state index contributed by atoms with van der Waals surface area (Å²) in [6.07, 6.45) is 2.88. The van der Waals surface area contributed by atoms with Gasteiger partial charge in [-0.3, -0.25) is 15.0 Å². The van der Waals surface area contributed by atoms with Gasteiger partial charge in [-0.15, -0.1) is 5.10 Å². The number of likely N-dealkylation sites (tertiary alicyclic amines) is 1. The molecular weight excluding hydrogens is 378 g/mol. The summed E-state index contributed by atoms with van der Waals surface area (Å²) in [6, 6.07) is 6.45. The maximum absolute atomic E-state index is 11.0. The number of aryl methyl sites for hydroxylation is 1. The van der Waals surface area contributed by atoms with E-state index in [2.05, 4.69) is 21.9 Å². The van der Waals surface area contributed by atoms with Gasteiger partial charge >= 0.3 is 0 Å². The van der Waals surface area contributed by atoms with Crippen molar-refractivity contribution >= 4 is 22.0 Å². The Bertz CT molecular complexity index is 989. The highest BCUT2D eigenvalue weighted by Crippen LogP contribution is 2.41. The van der Waals surface area contributed by atoms with E-state index in [1.165, 1.54) is 28.0 Å². The molecule has 0 radical (unpaired) electrons. The second-order valence-corrected chi connectivity index (χ2v) is 8.34. The molecule has 148 valence electrons. The number of aromatic hydroxyl groups is 1. The molecule has 0 unspecified atom stereocenters. The van der Waals surface area contributed by atoms with Crippen LogP contribution in [0.2, 0.25) is 0 Å². The van der Waals surface area contributed by atoms with E-state index in [0.717, 1.165) is 36.4 Å². The monoisotopic (exact) mass is 401 g/mol. The van der Waals surface area contributed by atoms with Crippen LogP contribution in [0.25, 0.3) is 4.96 Å². The number of hydrogen-bond donors (Lipinski definition) is 1. The van der Waals surface area contributed by atoms with Gasteiger partial charge in [-0.1, -0.05) is 37.3 Å². The molecule has 9 heteroatoms. The molecule has 1 atom stereocenters. The van der Waals surface area contributed by atoms with Crippen molar-refractivity contribution in [3.8, 4) is 5.88 Å². The fraction of sp³-hybridized carbons (Fsp3) is 0.474. The molecule has 1 fully saturated rings. The number of piperidine rings is 1. The first-order valence-corrected chi connectivity index (χ1v) is 10.3. The molecule has 1 aliphatic rings. The molecule has 28 heavy (non-hydrogen) atoms. The summed E-state index contributed by atoms with van der Waals surface area (Å²) in [7, 11) is 0. The van der Waals surface area contributed by atoms with Crippen LogP contribution in [0.5, 0.6) is 5.88 Å². The summed E-state index contributed by atoms with van der Waals surface area (Å²) in [5.74, 6) is 1.48. The van der Waals surface area contributed by atoms with E-state index in [1.54, 1.807) is 12.1 Å². The van der Waals surface area contributed by atoms with E-state index >= 15 is 0 Å². The van der Waals surface area contributed by atoms with Crippen LogP contribution in [0.4, 0.5) is 5.69 Å². The van der Waals surface area contributed by atoms with Crippen molar-refractivity contribution in [3.63, 3.8) is 0 Å². The van der Waals surface area contributed by atoms with Crippen LogP contribution >= 0.6 is 11.3 Å². The minimum absolute atomic E-state index is 0.0641. The van der Waals surface area contributed by atoms with E-state index < -0.39 is 4.92 Å². The molecule has 0 amide bonds. The molecule has 3 heterocycles. The van der Waals surface area contributed by atoms with Gasteiger partial charge in [0.15, 0.2) is 5.82 Å². The summed E-state index contributed by atoms with van der Waals surface area (Å²) in [6.45, 7) is 6.06. The van der Waals surface area contributed by atoms with Gasteiger partial charge in [0.1, 0.15) is 0 Å². The number of fused-ring (bicyclic) bond motifs is 1. The van der Waals surface area contributed by atoms with Crippen LogP contribution in [-0.2, 0) is 6.42 Å². The minimum atomic E-state index is -0.395. The number of hydrogen-bond acceptors (Lipinski definition) is 7. The van der Waals surface area contributed by atoms with Gasteiger partial charge in [-0.25, -0.2) is 4.98 Å². The minimum Gasteiger partial charge on any atom is -0.492 e. The average Bonchev–Trinajstić information content (AvgIpc) is 3.23. The number of aromatic nitrogens is 3. The van der Waals surface area contributed by atoms with Gasteiger partial charge in [-0.2, -0.15) is 4.52 Å². The Morgan fingerprint density at radius 1 is 1.32 bits per heavy atom. The summed E-state index contributed by atoms with van der Waals surface area (Å²) < 4.78 is 1.50. The van der Waals surface area contributed by atoms with Gasteiger partial charge in [0.2, 0.25) is 10.8 Å². The molecule has 1 N–H and O–H groups in total. The van der Waals surface area contributed by atoms with Gasteiger partial charge in [0, 0.05) is 18.6 Å². The van der Waals surface area contributed by atoms with Gasteiger partial charge in [-0.05, 0) is 37.4 Å². The van der Waals surface area contributed by atoms with Crippen LogP contribution < -0.4 is 0 Å². The van der Waals surface area contributed by atoms with Crippen LogP contribution in [-0.4, -0.2) is 42.6 Å². The van der Waals surface area contributed by atoms with E-state index in [0.29, 0.717) is 23.1 Å². The van der Waals surface area contributed by atoms with Crippen molar-refractivity contribution in [1.82, 2.24) is 19.5 Å². The summed E-state index contributed by atoms with van der Waals surface area (Å²) in [5, 5.41) is 26.3. The van der Waals surface area contributed by atoms with Crippen molar-refractivity contribution in [2.24, 2.45) is 5.92 Å². The Labute approximate surface area is 166 Å². The van der Waals surface area contributed by atoms with Gasteiger partial charge in [0.25, 0.3) is 5.69 Å². The van der Waals surface area contributed by atoms with E-state index in [4.69, 9.17) is 0 Å². The second-order valence-electron chi connectivity index (χ2n) is 7.34. The third kappa shape index (κ3) is 3.35. The summed E-state index contributed by atoms with van der Waals surface area (Å²) in [5.41, 5.74) is 0.991. The molecule has 4 rings (SSSR count). The van der Waals surface area contributed by atoms with E-state index in [1.807, 2.05) is 6.92 Å². The molecule has 0 saturated carbocycles. The normalized spacial score (nSPS) is 17.2. The standard InChI is InChI=1S/C19H23N5O3S/c1-3-15-20-19-23(21-15)18(25)17(28-19)16(22-10-8-12(2)9-11-22)13-4-6-14(7-5-13)24(26)27/h4-7,12,16,25H,3,8-11H2,1-2H3/t16-/m1/s1. The first kappa shape index (κ1) is 18.8. The summed E-state index contributed by atoms with van der Waals surface area (Å²) >= 11 is 1.43. The SMILES string of the molecule is CCc1nc2sc([C@@H](c3ccc([N+](=O)[O-])cc3)N3CCC(C)CC3)c(O)n2n1. The molecule has 0 spiro atoms. The lowest BCUT2D eigenvalue weighted by Crippen LogP contribution is -2.36. The smallest absolute Gasteiger partial charge is 0.269 e. The number of non-ortho nitro benzene ring substituents is 1. The fourth-order valence-electron chi connectivity index (χ4n) is 3.71. The van der Waals surface area contributed by atoms with Crippen molar-refractivity contribution in [2.75, 3.05) is 13.1 Å². The van der Waals surface area contributed by atoms with Crippen molar-refractivity contribution < 1.29 is 10.0 Å². The van der Waals surface area contributed by atoms with Gasteiger partial charge in [0.05, 0.1) is 15.8 Å². The van der Waals surface area contributed by atoms with Crippen LogP contribution in [0, 0.1) is 16.0 Å². The number of nitro benzene ring substituents is 1. The van der Waals surface area contributed by atoms with Crippen molar-refractivity contribution in [2.45, 2.75) is 39.2 Å². The highest BCUT2D eigenvalue weighted by molar-refractivity contribution is 7.17. The molecular formula is C19H23N5O3S. The lowest BCUT2D eigenvalue weighted by atomic mass is 9.95. The maximum Gasteiger partial charge on any atom is 0.269 e. The van der Waals surface area contributed by atoms with Gasteiger partial charge < -0.3 is 5.11 Å². The summed E-state index contributed by atoms with van der Waals surface area (Å²) in [4.78, 5) is 18.9. The fourth-order valence-corrected chi connectivity index (χ4v) is 4.85. The number of nitrogens with zero attached hydrogens (tertiary/aromatic N) is 5. The predicted octanol–water partition coefficient (Wildman–Crippen LogP) is 3.79. The number of thiazole rings is 1. The van der Waals surface area contributed by atoms with Crippen LogP contribution in [0.3, 0.4) is 0 Å². The largest absolute Gasteiger partial charge is 0.492 e. The van der Waals surface area contributed by atoms with Crippen LogP contribution in [0.1, 0.15) is 49.0 Å². The molecule has 1 aliphatic heterocycles. The average molecular weight is 401 g/mol. The predicted molar refractivity (Wildman–Crippen MR) is 107 cm³/mol. The highest BCUT2D eigenvalue weighted by Gasteiger charge is 2.31. The Morgan fingerprint density at radius 3 is 2.57 bits per heavy atom. The highest BCUT2D eigenvalue weighted by atomic mass is 32.1. The lowest BCUT2D eigenvalue weighted by molar-refractivity contribution is -0.384. The maximum atomic E-state index is 11.0. The molecule has 1 aromatic carbocycles. The van der Waals surface area contributed by atoms with Crippen molar-refractivity contribution in [3.05, 3.63) is 50.6 Å². The topological polar surface area (TPSA) is 96.8 Å². The zero-order valence-corrected chi connectivity index (χ0v) is 16.7. The second kappa shape index (κ2) is 7.48. The zero-order valence-electron chi connectivity index (χ0n) is 15.9. The van der Waals surface area contributed by atoms with Crippen LogP contribution in [0.15, 0.2) is 24.3 Å². The van der Waals surface area contributed by atoms with E-state index in [-0.39, 0.29) is 17.6 Å². The Hall–Kier alpha value is -2.52. The van der Waals surface area contributed by atoms with E-state index in [9.17, 15) is 15.2 Å². The molecule has 0 bridgehead atoms. The molecule has 1 saturated heterocycles. The molecule has 8 nitrogen and oxygen atoms in total. The Balaban J connectivity index is 1.77. The Morgan fingerprint density at radius 2 is 2.00 bits per heavy atom. The third-order valence-electron chi connectivity index (χ3n) is 5.41. The van der Waals surface area contributed by atoms with Crippen molar-refractivity contribution in [1.29, 1.82) is 0 Å². The quantitative estimate of drug-likeness (QED) is 0.516. The molecule has 2 aromatic heterocycles.